The van der Waals surface area contributed by atoms with Crippen molar-refractivity contribution in [2.24, 2.45) is 7.05 Å². The van der Waals surface area contributed by atoms with Crippen molar-refractivity contribution in [2.45, 2.75) is 32.0 Å². The number of hydrogen-bond acceptors (Lipinski definition) is 8. The summed E-state index contributed by atoms with van der Waals surface area (Å²) in [5.74, 6) is 3.53. The molecule has 0 amide bonds. The topological polar surface area (TPSA) is 89.2 Å². The maximum atomic E-state index is 5.62. The molecule has 2 atom stereocenters. The van der Waals surface area contributed by atoms with Crippen LogP contribution in [0.5, 0.6) is 0 Å². The molecule has 4 aromatic rings. The van der Waals surface area contributed by atoms with E-state index in [9.17, 15) is 0 Å². The number of anilines is 1. The summed E-state index contributed by atoms with van der Waals surface area (Å²) in [6, 6.07) is 9.50. The Balaban J connectivity index is 1.39. The second kappa shape index (κ2) is 7.72. The minimum absolute atomic E-state index is 0.643. The average Bonchev–Trinajstić information content (AvgIpc) is 3.39. The Morgan fingerprint density at radius 2 is 1.91 bits per heavy atom. The van der Waals surface area contributed by atoms with Gasteiger partial charge in [-0.05, 0) is 12.1 Å². The van der Waals surface area contributed by atoms with Crippen LogP contribution >= 0.6 is 0 Å². The first kappa shape index (κ1) is 20.3. The molecule has 3 aromatic heterocycles. The van der Waals surface area contributed by atoms with Gasteiger partial charge in [0, 0.05) is 51.7 Å². The number of rotatable bonds is 5. The fourth-order valence-electron chi connectivity index (χ4n) is 5.43. The lowest BCUT2D eigenvalue weighted by Gasteiger charge is -2.56. The van der Waals surface area contributed by atoms with Gasteiger partial charge in [0.1, 0.15) is 11.6 Å². The predicted molar refractivity (Wildman–Crippen MR) is 129 cm³/mol. The van der Waals surface area contributed by atoms with E-state index < -0.39 is 0 Å². The summed E-state index contributed by atoms with van der Waals surface area (Å²) in [7, 11) is 2.08. The summed E-state index contributed by atoms with van der Waals surface area (Å²) in [5.41, 5.74) is 3.72. The molecule has 3 aliphatic rings. The maximum absolute atomic E-state index is 5.62. The van der Waals surface area contributed by atoms with E-state index in [0.29, 0.717) is 31.2 Å². The number of nitrogens with one attached hydrogen (secondary N) is 1. The van der Waals surface area contributed by atoms with Gasteiger partial charge in [0.2, 0.25) is 5.95 Å². The molecule has 0 spiro atoms. The molecule has 0 saturated carbocycles. The van der Waals surface area contributed by atoms with E-state index in [1.807, 2.05) is 18.2 Å². The maximum Gasteiger partial charge on any atom is 0.239 e. The lowest BCUT2D eigenvalue weighted by atomic mass is 9.89. The van der Waals surface area contributed by atoms with Gasteiger partial charge in [-0.2, -0.15) is 9.97 Å². The number of piperazine rings is 1. The summed E-state index contributed by atoms with van der Waals surface area (Å²) in [6.07, 6.45) is 0.797. The highest BCUT2D eigenvalue weighted by atomic mass is 16.5. The van der Waals surface area contributed by atoms with Crippen LogP contribution in [0.15, 0.2) is 24.3 Å². The number of benzene rings is 1. The number of aryl methyl sites for hydroxylation is 2. The second-order valence-corrected chi connectivity index (χ2v) is 9.42. The summed E-state index contributed by atoms with van der Waals surface area (Å²) < 4.78 is 9.87. The van der Waals surface area contributed by atoms with Crippen molar-refractivity contribution < 1.29 is 4.74 Å². The average molecular weight is 460 g/mol. The Morgan fingerprint density at radius 1 is 1.06 bits per heavy atom. The number of morpholine rings is 1. The monoisotopic (exact) mass is 459 g/mol. The highest BCUT2D eigenvalue weighted by Crippen LogP contribution is 2.31. The van der Waals surface area contributed by atoms with Crippen molar-refractivity contribution in [1.29, 1.82) is 0 Å². The standard InChI is InChI=1S/C24H29N9O/c1-3-19-26-15-6-4-5-7-17(15)33(19)24-28-22-21(23(29-24)31-8-10-34-11-9-31)27-20(30(22)2)14-32-13-16-18(32)12-25-16/h4-7,16,18,25H,3,8-14H2,1-2H3. The van der Waals surface area contributed by atoms with E-state index in [4.69, 9.17) is 24.7 Å². The Kier molecular flexibility index (Phi) is 4.61. The zero-order valence-electron chi connectivity index (χ0n) is 19.6. The lowest BCUT2D eigenvalue weighted by molar-refractivity contribution is -0.0257. The van der Waals surface area contributed by atoms with Gasteiger partial charge in [-0.1, -0.05) is 19.1 Å². The molecule has 10 heteroatoms. The molecule has 1 aromatic carbocycles. The van der Waals surface area contributed by atoms with Gasteiger partial charge in [-0.25, -0.2) is 9.97 Å². The van der Waals surface area contributed by atoms with E-state index in [1.165, 1.54) is 0 Å². The minimum Gasteiger partial charge on any atom is -0.378 e. The van der Waals surface area contributed by atoms with Gasteiger partial charge < -0.3 is 19.5 Å². The molecule has 10 nitrogen and oxygen atoms in total. The fourth-order valence-corrected chi connectivity index (χ4v) is 5.43. The highest BCUT2D eigenvalue weighted by Gasteiger charge is 2.45. The Hall–Kier alpha value is -3.08. The molecule has 2 unspecified atom stereocenters. The summed E-state index contributed by atoms with van der Waals surface area (Å²) in [6.45, 7) is 8.09. The van der Waals surface area contributed by atoms with Crippen molar-refractivity contribution in [1.82, 2.24) is 39.3 Å². The fraction of sp³-hybridized carbons (Fsp3) is 0.500. The van der Waals surface area contributed by atoms with Crippen LogP contribution in [0.3, 0.4) is 0 Å². The molecule has 34 heavy (non-hydrogen) atoms. The van der Waals surface area contributed by atoms with Gasteiger partial charge in [0.05, 0.1) is 30.8 Å². The van der Waals surface area contributed by atoms with Crippen molar-refractivity contribution >= 4 is 28.0 Å². The molecule has 3 fully saturated rings. The number of nitrogens with zero attached hydrogens (tertiary/aromatic N) is 8. The molecule has 7 rings (SSSR count). The first-order chi connectivity index (χ1) is 16.7. The lowest BCUT2D eigenvalue weighted by Crippen LogP contribution is -2.77. The van der Waals surface area contributed by atoms with Crippen LogP contribution in [-0.4, -0.2) is 85.4 Å². The van der Waals surface area contributed by atoms with Crippen molar-refractivity contribution in [3.8, 4) is 5.95 Å². The largest absolute Gasteiger partial charge is 0.378 e. The first-order valence-corrected chi connectivity index (χ1v) is 12.2. The molecule has 0 aliphatic carbocycles. The number of para-hydroxylation sites is 2. The van der Waals surface area contributed by atoms with Crippen LogP contribution < -0.4 is 10.2 Å². The van der Waals surface area contributed by atoms with Gasteiger partial charge in [0.15, 0.2) is 17.0 Å². The van der Waals surface area contributed by atoms with Crippen LogP contribution in [-0.2, 0) is 24.8 Å². The van der Waals surface area contributed by atoms with Gasteiger partial charge >= 0.3 is 0 Å². The quantitative estimate of drug-likeness (QED) is 0.477. The molecule has 0 bridgehead atoms. The van der Waals surface area contributed by atoms with E-state index in [-0.39, 0.29) is 0 Å². The van der Waals surface area contributed by atoms with Crippen LogP contribution in [0.4, 0.5) is 5.82 Å². The molecule has 6 heterocycles. The van der Waals surface area contributed by atoms with Crippen LogP contribution in [0, 0.1) is 0 Å². The first-order valence-electron chi connectivity index (χ1n) is 12.2. The summed E-state index contributed by atoms with van der Waals surface area (Å²) in [4.78, 5) is 24.9. The second-order valence-electron chi connectivity index (χ2n) is 9.42. The third kappa shape index (κ3) is 2.98. The van der Waals surface area contributed by atoms with Crippen LogP contribution in [0.25, 0.3) is 28.1 Å². The minimum atomic E-state index is 0.643. The van der Waals surface area contributed by atoms with Gasteiger partial charge in [-0.3, -0.25) is 9.47 Å². The molecule has 3 saturated heterocycles. The molecule has 3 aliphatic heterocycles. The predicted octanol–water partition coefficient (Wildman–Crippen LogP) is 1.26. The van der Waals surface area contributed by atoms with Crippen molar-refractivity contribution in [2.75, 3.05) is 44.3 Å². The number of likely N-dealkylation sites (tertiary alicyclic amines) is 1. The van der Waals surface area contributed by atoms with Crippen molar-refractivity contribution in [3.63, 3.8) is 0 Å². The highest BCUT2D eigenvalue weighted by molar-refractivity contribution is 5.86. The normalized spacial score (nSPS) is 22.7. The molecule has 0 radical (unpaired) electrons. The number of aromatic nitrogens is 6. The van der Waals surface area contributed by atoms with E-state index >= 15 is 0 Å². The van der Waals surface area contributed by atoms with Gasteiger partial charge in [-0.15, -0.1) is 0 Å². The summed E-state index contributed by atoms with van der Waals surface area (Å²) in [5, 5.41) is 3.48. The molecule has 176 valence electrons. The third-order valence-corrected chi connectivity index (χ3v) is 7.54. The van der Waals surface area contributed by atoms with Gasteiger partial charge in [0.25, 0.3) is 0 Å². The number of fused-ring (bicyclic) bond motifs is 3. The molecule has 1 N–H and O–H groups in total. The number of ether oxygens (including phenoxy) is 1. The smallest absolute Gasteiger partial charge is 0.239 e. The summed E-state index contributed by atoms with van der Waals surface area (Å²) >= 11 is 0. The Bertz CT molecular complexity index is 1390. The molecular formula is C24H29N9O. The van der Waals surface area contributed by atoms with Crippen LogP contribution in [0.2, 0.25) is 0 Å². The number of hydrogen-bond donors (Lipinski definition) is 1. The van der Waals surface area contributed by atoms with Crippen LogP contribution in [0.1, 0.15) is 18.6 Å². The van der Waals surface area contributed by atoms with E-state index in [0.717, 1.165) is 78.8 Å². The zero-order chi connectivity index (χ0) is 22.8. The SMILES string of the molecule is CCc1nc2ccccc2n1-c1nc(N2CCOCC2)c2nc(CN3CC4NCC43)n(C)c2n1. The Labute approximate surface area is 197 Å². The zero-order valence-corrected chi connectivity index (χ0v) is 19.6. The molecular weight excluding hydrogens is 430 g/mol. The third-order valence-electron chi connectivity index (χ3n) is 7.54. The number of imidazole rings is 2. The van der Waals surface area contributed by atoms with E-state index in [2.05, 4.69) is 44.3 Å². The van der Waals surface area contributed by atoms with Crippen molar-refractivity contribution in [3.05, 3.63) is 35.9 Å². The Morgan fingerprint density at radius 3 is 2.65 bits per heavy atom. The van der Waals surface area contributed by atoms with E-state index in [1.54, 1.807) is 0 Å².